The first-order chi connectivity index (χ1) is 18.9. The third-order valence-corrected chi connectivity index (χ3v) is 9.56. The van der Waals surface area contributed by atoms with Crippen LogP contribution in [0.15, 0.2) is 65.5 Å². The summed E-state index contributed by atoms with van der Waals surface area (Å²) in [5.74, 6) is -0.361. The normalized spacial score (nSPS) is 25.1. The fourth-order valence-corrected chi connectivity index (χ4v) is 7.24. The van der Waals surface area contributed by atoms with Gasteiger partial charge in [-0.25, -0.2) is 4.39 Å². The summed E-state index contributed by atoms with van der Waals surface area (Å²) in [4.78, 5) is 30.9. The Balaban J connectivity index is 1.30. The summed E-state index contributed by atoms with van der Waals surface area (Å²) in [6.45, 7) is 1.95. The van der Waals surface area contributed by atoms with E-state index >= 15 is 0 Å². The summed E-state index contributed by atoms with van der Waals surface area (Å²) in [5, 5.41) is 11.5. The van der Waals surface area contributed by atoms with E-state index in [0.29, 0.717) is 36.2 Å². The Kier molecular flexibility index (Phi) is 7.27. The molecule has 0 spiro atoms. The van der Waals surface area contributed by atoms with Gasteiger partial charge in [-0.05, 0) is 60.2 Å². The number of amides is 1. The molecule has 4 heterocycles. The van der Waals surface area contributed by atoms with Crippen molar-refractivity contribution in [2.45, 2.75) is 43.9 Å². The van der Waals surface area contributed by atoms with Crippen LogP contribution >= 0.6 is 23.2 Å². The van der Waals surface area contributed by atoms with Crippen molar-refractivity contribution in [3.63, 3.8) is 0 Å². The molecule has 1 aromatic heterocycles. The number of hydrogen-bond acceptors (Lipinski definition) is 4. The third kappa shape index (κ3) is 4.80. The van der Waals surface area contributed by atoms with Crippen LogP contribution in [0.3, 0.4) is 0 Å². The van der Waals surface area contributed by atoms with E-state index in [-0.39, 0.29) is 47.7 Å². The summed E-state index contributed by atoms with van der Waals surface area (Å²) >= 11 is 12.5. The second-order valence-electron chi connectivity index (χ2n) is 10.9. The van der Waals surface area contributed by atoms with Crippen molar-refractivity contribution < 1.29 is 14.3 Å². The molecule has 4 atom stereocenters. The lowest BCUT2D eigenvalue weighted by molar-refractivity contribution is -0.139. The predicted octanol–water partition coefficient (Wildman–Crippen LogP) is 4.86. The fourth-order valence-electron chi connectivity index (χ4n) is 6.92. The molecule has 1 N–H and O–H groups in total. The molecule has 39 heavy (non-hydrogen) atoms. The maximum absolute atomic E-state index is 14.2. The van der Waals surface area contributed by atoms with Crippen molar-refractivity contribution in [2.24, 2.45) is 11.8 Å². The van der Waals surface area contributed by atoms with Gasteiger partial charge in [0.05, 0.1) is 22.1 Å². The van der Waals surface area contributed by atoms with Crippen LogP contribution in [0.25, 0.3) is 0 Å². The van der Waals surface area contributed by atoms with E-state index in [1.54, 1.807) is 22.8 Å². The molecule has 2 saturated heterocycles. The molecular weight excluding hydrogens is 540 g/mol. The molecule has 6 rings (SSSR count). The van der Waals surface area contributed by atoms with Crippen molar-refractivity contribution in [1.82, 2.24) is 14.4 Å². The van der Waals surface area contributed by atoms with Gasteiger partial charge in [0.2, 0.25) is 5.91 Å². The van der Waals surface area contributed by atoms with Gasteiger partial charge in [0.1, 0.15) is 5.82 Å². The van der Waals surface area contributed by atoms with E-state index in [4.69, 9.17) is 23.2 Å². The monoisotopic (exact) mass is 569 g/mol. The lowest BCUT2D eigenvalue weighted by Gasteiger charge is -2.38. The maximum Gasteiger partial charge on any atom is 0.250 e. The van der Waals surface area contributed by atoms with Crippen LogP contribution < -0.4 is 5.56 Å². The number of benzene rings is 2. The van der Waals surface area contributed by atoms with E-state index in [1.807, 2.05) is 35.2 Å². The molecule has 204 valence electrons. The first kappa shape index (κ1) is 26.5. The van der Waals surface area contributed by atoms with Crippen LogP contribution in [0.5, 0.6) is 0 Å². The molecule has 3 aliphatic heterocycles. The molecule has 2 fully saturated rings. The van der Waals surface area contributed by atoms with Crippen LogP contribution in [-0.4, -0.2) is 51.1 Å². The smallest absolute Gasteiger partial charge is 0.250 e. The highest BCUT2D eigenvalue weighted by atomic mass is 35.5. The Labute approximate surface area is 236 Å². The van der Waals surface area contributed by atoms with Gasteiger partial charge in [-0.3, -0.25) is 14.5 Å². The summed E-state index contributed by atoms with van der Waals surface area (Å²) in [5.41, 5.74) is 2.80. The van der Waals surface area contributed by atoms with Gasteiger partial charge < -0.3 is 14.6 Å². The van der Waals surface area contributed by atoms with Gasteiger partial charge in [0.15, 0.2) is 0 Å². The first-order valence-electron chi connectivity index (χ1n) is 13.4. The van der Waals surface area contributed by atoms with Crippen LogP contribution in [0.2, 0.25) is 10.0 Å². The van der Waals surface area contributed by atoms with Crippen molar-refractivity contribution in [1.29, 1.82) is 0 Å². The van der Waals surface area contributed by atoms with Crippen LogP contribution in [-0.2, 0) is 17.9 Å². The third-order valence-electron chi connectivity index (χ3n) is 8.82. The van der Waals surface area contributed by atoms with E-state index in [9.17, 15) is 19.1 Å². The van der Waals surface area contributed by atoms with Crippen LogP contribution in [0, 0.1) is 17.7 Å². The largest absolute Gasteiger partial charge is 0.396 e. The van der Waals surface area contributed by atoms with Gasteiger partial charge in [-0.1, -0.05) is 47.5 Å². The molecule has 3 aliphatic rings. The molecule has 1 amide bonds. The summed E-state index contributed by atoms with van der Waals surface area (Å²) < 4.78 is 15.2. The number of aliphatic hydroxyl groups is 1. The number of pyridine rings is 1. The molecule has 6 nitrogen and oxygen atoms in total. The SMILES string of the molecule is O=C(C1C(CO)C2Cn3c(cccc3=O)C2N1Cc1ccc(Cl)c(Cl)c1)N1CCC(c2ccc(F)cc2)CC1. The van der Waals surface area contributed by atoms with Gasteiger partial charge in [-0.2, -0.15) is 0 Å². The van der Waals surface area contributed by atoms with Gasteiger partial charge in [-0.15, -0.1) is 0 Å². The Morgan fingerprint density at radius 3 is 2.44 bits per heavy atom. The predicted molar refractivity (Wildman–Crippen MR) is 148 cm³/mol. The highest BCUT2D eigenvalue weighted by Crippen LogP contribution is 2.50. The molecular formula is C30H30Cl2FN3O3. The van der Waals surface area contributed by atoms with E-state index in [1.165, 1.54) is 12.1 Å². The minimum absolute atomic E-state index is 0.00546. The number of aliphatic hydroxyl groups excluding tert-OH is 1. The van der Waals surface area contributed by atoms with E-state index < -0.39 is 6.04 Å². The van der Waals surface area contributed by atoms with Crippen molar-refractivity contribution in [2.75, 3.05) is 19.7 Å². The second-order valence-corrected chi connectivity index (χ2v) is 11.7. The average molecular weight is 570 g/mol. The van der Waals surface area contributed by atoms with Crippen LogP contribution in [0.4, 0.5) is 4.39 Å². The Bertz CT molecular complexity index is 1440. The number of hydrogen-bond donors (Lipinski definition) is 1. The molecule has 0 bridgehead atoms. The summed E-state index contributed by atoms with van der Waals surface area (Å²) in [6, 6.07) is 16.6. The highest BCUT2D eigenvalue weighted by Gasteiger charge is 2.56. The lowest BCUT2D eigenvalue weighted by atomic mass is 9.86. The zero-order valence-electron chi connectivity index (χ0n) is 21.3. The number of likely N-dealkylation sites (tertiary alicyclic amines) is 2. The Morgan fingerprint density at radius 2 is 1.74 bits per heavy atom. The minimum Gasteiger partial charge on any atom is -0.396 e. The standard InChI is InChI=1S/C30H30Cl2FN3O3/c31-24-9-4-18(14-25(24)32)15-36-28-22(16-35-26(28)2-1-3-27(35)38)23(17-37)29(36)30(39)34-12-10-20(11-13-34)19-5-7-21(33)8-6-19/h1-9,14,20,22-23,28-29,37H,10-13,15-17H2. The van der Waals surface area contributed by atoms with Crippen molar-refractivity contribution in [3.8, 4) is 0 Å². The molecule has 2 aromatic carbocycles. The van der Waals surface area contributed by atoms with Gasteiger partial charge >= 0.3 is 0 Å². The zero-order valence-corrected chi connectivity index (χ0v) is 22.9. The molecule has 0 aliphatic carbocycles. The molecule has 0 saturated carbocycles. The van der Waals surface area contributed by atoms with Gasteiger partial charge in [0.25, 0.3) is 5.56 Å². The number of rotatable bonds is 5. The zero-order chi connectivity index (χ0) is 27.3. The number of fused-ring (bicyclic) bond motifs is 3. The minimum atomic E-state index is -0.536. The number of halogens is 3. The molecule has 9 heteroatoms. The van der Waals surface area contributed by atoms with E-state index in [2.05, 4.69) is 4.90 Å². The number of carbonyl (C=O) groups excluding carboxylic acids is 1. The van der Waals surface area contributed by atoms with E-state index in [0.717, 1.165) is 29.7 Å². The lowest BCUT2D eigenvalue weighted by Crippen LogP contribution is -2.51. The highest BCUT2D eigenvalue weighted by molar-refractivity contribution is 6.42. The second kappa shape index (κ2) is 10.7. The molecule has 4 unspecified atom stereocenters. The quantitative estimate of drug-likeness (QED) is 0.476. The number of aromatic nitrogens is 1. The number of nitrogens with zero attached hydrogens (tertiary/aromatic N) is 3. The Hall–Kier alpha value is -2.71. The number of piperidine rings is 1. The summed E-state index contributed by atoms with van der Waals surface area (Å²) in [6.07, 6.45) is 1.59. The first-order valence-corrected chi connectivity index (χ1v) is 14.2. The van der Waals surface area contributed by atoms with Crippen molar-refractivity contribution in [3.05, 3.63) is 104 Å². The summed E-state index contributed by atoms with van der Waals surface area (Å²) in [7, 11) is 0. The fraction of sp³-hybridized carbons (Fsp3) is 0.400. The van der Waals surface area contributed by atoms with Crippen LogP contribution in [0.1, 0.15) is 41.6 Å². The van der Waals surface area contributed by atoms with Crippen molar-refractivity contribution >= 4 is 29.1 Å². The average Bonchev–Trinajstić information content (AvgIpc) is 3.47. The topological polar surface area (TPSA) is 65.8 Å². The maximum atomic E-state index is 14.2. The molecule has 0 radical (unpaired) electrons. The molecule has 3 aromatic rings. The van der Waals surface area contributed by atoms with Gasteiger partial charge in [0, 0.05) is 56.4 Å². The number of carbonyl (C=O) groups is 1. The Morgan fingerprint density at radius 1 is 1.00 bits per heavy atom.